The Bertz CT molecular complexity index is 1080. The molecule has 33 heavy (non-hydrogen) atoms. The Kier molecular flexibility index (Phi) is 7.30. The molecule has 2 aromatic carbocycles. The van der Waals surface area contributed by atoms with Crippen molar-refractivity contribution in [3.63, 3.8) is 0 Å². The molecule has 0 radical (unpaired) electrons. The number of pyridine rings is 1. The van der Waals surface area contributed by atoms with Crippen molar-refractivity contribution in [2.75, 3.05) is 26.2 Å². The Morgan fingerprint density at radius 1 is 0.970 bits per heavy atom. The number of aromatic nitrogens is 1. The van der Waals surface area contributed by atoms with E-state index >= 15 is 0 Å². The zero-order chi connectivity index (χ0) is 23.0. The molecule has 2 heterocycles. The molecule has 0 N–H and O–H groups in total. The van der Waals surface area contributed by atoms with Gasteiger partial charge < -0.3 is 9.80 Å². The molecule has 1 aliphatic heterocycles. The largest absolute Gasteiger partial charge is 0.340 e. The van der Waals surface area contributed by atoms with E-state index in [-0.39, 0.29) is 17.7 Å². The van der Waals surface area contributed by atoms with E-state index in [1.54, 1.807) is 12.3 Å². The molecule has 1 saturated heterocycles. The van der Waals surface area contributed by atoms with Crippen LogP contribution in [0.5, 0.6) is 0 Å². The minimum absolute atomic E-state index is 0.0615. The van der Waals surface area contributed by atoms with E-state index in [9.17, 15) is 9.59 Å². The lowest BCUT2D eigenvalue weighted by Crippen LogP contribution is -2.38. The molecule has 5 nitrogen and oxygen atoms in total. The van der Waals surface area contributed by atoms with Crippen LogP contribution in [0.25, 0.3) is 11.1 Å². The first-order valence-electron chi connectivity index (χ1n) is 11.3. The molecular weight excluding hydrogens is 410 g/mol. The number of hydrogen-bond acceptors (Lipinski definition) is 3. The van der Waals surface area contributed by atoms with Crippen molar-refractivity contribution in [1.82, 2.24) is 14.8 Å². The summed E-state index contributed by atoms with van der Waals surface area (Å²) >= 11 is 0. The van der Waals surface area contributed by atoms with E-state index in [1.807, 2.05) is 58.5 Å². The average Bonchev–Trinajstić information content (AvgIpc) is 3.00. The van der Waals surface area contributed by atoms with Gasteiger partial charge in [-0.2, -0.15) is 0 Å². The SMILES string of the molecule is C=CCN1CCN(C(=O)Cc2ccccc2)CC(Cc2ccc(-c3cccnc3)cc2)C1=O. The van der Waals surface area contributed by atoms with Crippen molar-refractivity contribution in [1.29, 1.82) is 0 Å². The van der Waals surface area contributed by atoms with Gasteiger partial charge in [-0.25, -0.2) is 0 Å². The standard InChI is InChI=1S/C28H29N3O2/c1-2-15-30-16-17-31(27(32)19-22-7-4-3-5-8-22)21-26(28(30)33)18-23-10-12-24(13-11-23)25-9-6-14-29-20-25/h2-14,20,26H,1,15-19,21H2. The van der Waals surface area contributed by atoms with E-state index in [4.69, 9.17) is 0 Å². The number of amides is 2. The maximum atomic E-state index is 13.3. The van der Waals surface area contributed by atoms with Gasteiger partial charge in [0.15, 0.2) is 0 Å². The number of benzene rings is 2. The fourth-order valence-electron chi connectivity index (χ4n) is 4.29. The maximum absolute atomic E-state index is 13.3. The van der Waals surface area contributed by atoms with Crippen LogP contribution in [0.15, 0.2) is 91.8 Å². The third-order valence-electron chi connectivity index (χ3n) is 6.07. The van der Waals surface area contributed by atoms with E-state index in [1.165, 1.54) is 0 Å². The topological polar surface area (TPSA) is 53.5 Å². The molecular formula is C28H29N3O2. The van der Waals surface area contributed by atoms with E-state index < -0.39 is 0 Å². The second-order valence-corrected chi connectivity index (χ2v) is 8.41. The summed E-state index contributed by atoms with van der Waals surface area (Å²) in [6, 6.07) is 22.0. The molecule has 0 aliphatic carbocycles. The minimum Gasteiger partial charge on any atom is -0.340 e. The summed E-state index contributed by atoms with van der Waals surface area (Å²) in [4.78, 5) is 34.2. The van der Waals surface area contributed by atoms with Crippen molar-refractivity contribution < 1.29 is 9.59 Å². The van der Waals surface area contributed by atoms with Crippen molar-refractivity contribution in [3.05, 3.63) is 103 Å². The number of rotatable bonds is 7. The van der Waals surface area contributed by atoms with Gasteiger partial charge in [0.25, 0.3) is 0 Å². The van der Waals surface area contributed by atoms with Gasteiger partial charge >= 0.3 is 0 Å². The Hall–Kier alpha value is -3.73. The summed E-state index contributed by atoms with van der Waals surface area (Å²) < 4.78 is 0. The van der Waals surface area contributed by atoms with Crippen LogP contribution in [0.2, 0.25) is 0 Å². The monoisotopic (exact) mass is 439 g/mol. The highest BCUT2D eigenvalue weighted by Gasteiger charge is 2.31. The van der Waals surface area contributed by atoms with E-state index in [0.717, 1.165) is 22.3 Å². The molecule has 0 spiro atoms. The third-order valence-corrected chi connectivity index (χ3v) is 6.07. The smallest absolute Gasteiger partial charge is 0.228 e. The summed E-state index contributed by atoms with van der Waals surface area (Å²) in [5, 5.41) is 0. The molecule has 1 unspecified atom stereocenters. The first kappa shape index (κ1) is 22.5. The summed E-state index contributed by atoms with van der Waals surface area (Å²) in [7, 11) is 0. The Morgan fingerprint density at radius 2 is 1.76 bits per heavy atom. The zero-order valence-electron chi connectivity index (χ0n) is 18.8. The first-order chi connectivity index (χ1) is 16.1. The van der Waals surface area contributed by atoms with E-state index in [2.05, 4.69) is 35.8 Å². The molecule has 0 bridgehead atoms. The molecule has 5 heteroatoms. The van der Waals surface area contributed by atoms with Gasteiger partial charge in [0.1, 0.15) is 0 Å². The van der Waals surface area contributed by atoms with Gasteiger partial charge in [-0.3, -0.25) is 14.6 Å². The Morgan fingerprint density at radius 3 is 2.45 bits per heavy atom. The van der Waals surface area contributed by atoms with Crippen LogP contribution in [-0.4, -0.2) is 52.8 Å². The molecule has 1 fully saturated rings. The highest BCUT2D eigenvalue weighted by molar-refractivity contribution is 5.83. The normalized spacial score (nSPS) is 16.4. The highest BCUT2D eigenvalue weighted by Crippen LogP contribution is 2.22. The number of hydrogen-bond donors (Lipinski definition) is 0. The molecule has 1 atom stereocenters. The van der Waals surface area contributed by atoms with Crippen LogP contribution in [0.1, 0.15) is 11.1 Å². The summed E-state index contributed by atoms with van der Waals surface area (Å²) in [5.41, 5.74) is 4.22. The van der Waals surface area contributed by atoms with Crippen molar-refractivity contribution in [3.8, 4) is 11.1 Å². The lowest BCUT2D eigenvalue weighted by molar-refractivity contribution is -0.134. The van der Waals surface area contributed by atoms with E-state index in [0.29, 0.717) is 39.0 Å². The fraction of sp³-hybridized carbons (Fsp3) is 0.250. The lowest BCUT2D eigenvalue weighted by atomic mass is 9.95. The highest BCUT2D eigenvalue weighted by atomic mass is 16.2. The van der Waals surface area contributed by atoms with Crippen LogP contribution in [0.4, 0.5) is 0 Å². The zero-order valence-corrected chi connectivity index (χ0v) is 18.8. The van der Waals surface area contributed by atoms with Gasteiger partial charge in [-0.1, -0.05) is 66.7 Å². The predicted molar refractivity (Wildman–Crippen MR) is 130 cm³/mol. The lowest BCUT2D eigenvalue weighted by Gasteiger charge is -2.24. The van der Waals surface area contributed by atoms with Crippen LogP contribution in [-0.2, 0) is 22.4 Å². The van der Waals surface area contributed by atoms with Crippen molar-refractivity contribution in [2.24, 2.45) is 5.92 Å². The van der Waals surface area contributed by atoms with Gasteiger partial charge in [0.05, 0.1) is 12.3 Å². The minimum atomic E-state index is -0.281. The molecule has 4 rings (SSSR count). The average molecular weight is 440 g/mol. The Balaban J connectivity index is 1.50. The van der Waals surface area contributed by atoms with Gasteiger partial charge in [-0.15, -0.1) is 6.58 Å². The van der Waals surface area contributed by atoms with Crippen molar-refractivity contribution >= 4 is 11.8 Å². The molecule has 0 saturated carbocycles. The molecule has 3 aromatic rings. The van der Waals surface area contributed by atoms with Crippen LogP contribution < -0.4 is 0 Å². The second kappa shape index (κ2) is 10.7. The predicted octanol–water partition coefficient (Wildman–Crippen LogP) is 4.01. The van der Waals surface area contributed by atoms with Gasteiger partial charge in [0, 0.05) is 38.6 Å². The maximum Gasteiger partial charge on any atom is 0.228 e. The summed E-state index contributed by atoms with van der Waals surface area (Å²) in [6.07, 6.45) is 6.29. The molecule has 1 aliphatic rings. The van der Waals surface area contributed by atoms with Crippen LogP contribution >= 0.6 is 0 Å². The van der Waals surface area contributed by atoms with Crippen LogP contribution in [0, 0.1) is 5.92 Å². The Labute approximate surface area is 195 Å². The number of carbonyl (C=O) groups is 2. The number of nitrogens with zero attached hydrogens (tertiary/aromatic N) is 3. The molecule has 1 aromatic heterocycles. The number of carbonyl (C=O) groups excluding carboxylic acids is 2. The second-order valence-electron chi connectivity index (χ2n) is 8.41. The van der Waals surface area contributed by atoms with Crippen molar-refractivity contribution in [2.45, 2.75) is 12.8 Å². The molecule has 2 amide bonds. The van der Waals surface area contributed by atoms with Gasteiger partial charge in [-0.05, 0) is 34.7 Å². The summed E-state index contributed by atoms with van der Waals surface area (Å²) in [5.74, 6) is -0.135. The van der Waals surface area contributed by atoms with Gasteiger partial charge in [0.2, 0.25) is 11.8 Å². The fourth-order valence-corrected chi connectivity index (χ4v) is 4.29. The van der Waals surface area contributed by atoms with Crippen LogP contribution in [0.3, 0.4) is 0 Å². The molecule has 168 valence electrons. The quantitative estimate of drug-likeness (QED) is 0.523. The first-order valence-corrected chi connectivity index (χ1v) is 11.3. The third kappa shape index (κ3) is 5.75. The summed E-state index contributed by atoms with van der Waals surface area (Å²) in [6.45, 7) is 5.80.